The Morgan fingerprint density at radius 3 is 2.06 bits per heavy atom. The molecule has 0 saturated carbocycles. The molecule has 0 fully saturated rings. The summed E-state index contributed by atoms with van der Waals surface area (Å²) < 4.78 is 68.4. The minimum Gasteiger partial charge on any atom is -0.744 e. The average Bonchev–Trinajstić information content (AvgIpc) is 2.95. The molecule has 34 heavy (non-hydrogen) atoms. The van der Waals surface area contributed by atoms with Crippen molar-refractivity contribution in [1.82, 2.24) is 0 Å². The van der Waals surface area contributed by atoms with Crippen LogP contribution in [0.15, 0.2) is 49.4 Å². The molecular weight excluding hydrogens is 583 g/mol. The molecule has 2 aromatic carbocycles. The van der Waals surface area contributed by atoms with Crippen molar-refractivity contribution >= 4 is 116 Å². The van der Waals surface area contributed by atoms with E-state index in [2.05, 4.69) is 15.3 Å². The zero-order chi connectivity index (χ0) is 24.9. The van der Waals surface area contributed by atoms with Gasteiger partial charge in [-0.25, -0.2) is 16.8 Å². The summed E-state index contributed by atoms with van der Waals surface area (Å²) in [6.07, 6.45) is 0. The van der Waals surface area contributed by atoms with Crippen molar-refractivity contribution in [1.29, 1.82) is 0 Å². The van der Waals surface area contributed by atoms with E-state index >= 15 is 0 Å². The predicted octanol–water partition coefficient (Wildman–Crippen LogP) is 3.26. The summed E-state index contributed by atoms with van der Waals surface area (Å²) in [7, 11) is -9.84. The van der Waals surface area contributed by atoms with Crippen molar-refractivity contribution in [2.75, 3.05) is 5.01 Å². The first-order valence-electron chi connectivity index (χ1n) is 8.62. The van der Waals surface area contributed by atoms with Crippen LogP contribution in [-0.4, -0.2) is 81.3 Å². The minimum absolute atomic E-state index is 0. The van der Waals surface area contributed by atoms with E-state index in [0.29, 0.717) is 5.56 Å². The van der Waals surface area contributed by atoms with E-state index in [-0.39, 0.29) is 64.9 Å². The molecule has 1 unspecified atom stereocenters. The van der Waals surface area contributed by atoms with Crippen molar-refractivity contribution in [2.45, 2.75) is 29.7 Å². The topological polar surface area (TPSA) is 172 Å². The quantitative estimate of drug-likeness (QED) is 0.291. The van der Waals surface area contributed by atoms with Crippen molar-refractivity contribution < 1.29 is 30.7 Å². The third-order valence-electron chi connectivity index (χ3n) is 4.39. The molecule has 0 aromatic heterocycles. The summed E-state index contributed by atoms with van der Waals surface area (Å²) in [6, 6.07) is 2.59. The molecule has 3 rings (SSSR count). The van der Waals surface area contributed by atoms with E-state index in [1.807, 2.05) is 0 Å². The van der Waals surface area contributed by atoms with E-state index in [1.54, 1.807) is 0 Å². The number of aryl methyl sites for hydroxylation is 1. The Hall–Kier alpha value is -0.870. The van der Waals surface area contributed by atoms with E-state index in [1.165, 1.54) is 13.8 Å². The molecule has 1 aliphatic heterocycles. The molecule has 17 heteroatoms. The molecule has 0 bridgehead atoms. The first-order valence-corrected chi connectivity index (χ1v) is 12.6. The third kappa shape index (κ3) is 6.09. The number of carbonyl (C=O) groups is 1. The fourth-order valence-corrected chi connectivity index (χ4v) is 4.92. The van der Waals surface area contributed by atoms with Gasteiger partial charge in [0.15, 0.2) is 6.04 Å². The molecule has 11 nitrogen and oxygen atoms in total. The van der Waals surface area contributed by atoms with Crippen LogP contribution >= 0.6 is 34.8 Å². The largest absolute Gasteiger partial charge is 2.00 e. The number of hydrogen-bond acceptors (Lipinski definition) is 10. The zero-order valence-corrected chi connectivity index (χ0v) is 23.3. The summed E-state index contributed by atoms with van der Waals surface area (Å²) in [5.74, 6) is -0.795. The van der Waals surface area contributed by atoms with Gasteiger partial charge in [0.05, 0.1) is 31.2 Å². The van der Waals surface area contributed by atoms with Crippen molar-refractivity contribution in [3.8, 4) is 0 Å². The van der Waals surface area contributed by atoms with Crippen LogP contribution in [0.2, 0.25) is 15.1 Å². The standard InChI is InChI=1S/C17H13Cl3N4O7S2.Ca/c1-7-3-15(33(29,30)31)12(4-9(7)18)21-22-16-8(2)23-24(17(16)25)13-5-11(20)14(6-10(13)19)32(26,27)28;/h3-6,16H,1-2H3,(H,26,27,28)(H,29,30,31);/q;+2/p-2. The number of nitrogens with zero attached hydrogens (tertiary/aromatic N) is 4. The minimum atomic E-state index is -4.92. The first-order chi connectivity index (χ1) is 15.1. The molecule has 1 aliphatic rings. The van der Waals surface area contributed by atoms with Crippen LogP contribution in [0.3, 0.4) is 0 Å². The Morgan fingerprint density at radius 2 is 1.50 bits per heavy atom. The van der Waals surface area contributed by atoms with Gasteiger partial charge >= 0.3 is 37.7 Å². The van der Waals surface area contributed by atoms with Gasteiger partial charge in [-0.15, -0.1) is 0 Å². The monoisotopic (exact) mass is 592 g/mol. The summed E-state index contributed by atoms with van der Waals surface area (Å²) >= 11 is 17.9. The number of halogens is 3. The number of hydrazone groups is 1. The van der Waals surface area contributed by atoms with Gasteiger partial charge in [0.25, 0.3) is 5.91 Å². The SMILES string of the molecule is CC1=NN(c2cc(Cl)c(S(=O)(=O)[O-])cc2Cl)C(=O)C1N=Nc1cc(Cl)c(C)cc1S(=O)(=O)[O-].[Ca+2]. The molecule has 1 heterocycles. The molecule has 176 valence electrons. The molecule has 0 aliphatic carbocycles. The Labute approximate surface area is 239 Å². The maximum absolute atomic E-state index is 12.9. The summed E-state index contributed by atoms with van der Waals surface area (Å²) in [4.78, 5) is 11.4. The van der Waals surface area contributed by atoms with Crippen LogP contribution in [-0.2, 0) is 25.0 Å². The molecule has 1 amide bonds. The summed E-state index contributed by atoms with van der Waals surface area (Å²) in [5, 5.41) is 11.6. The van der Waals surface area contributed by atoms with Crippen molar-refractivity contribution in [3.05, 3.63) is 44.9 Å². The Morgan fingerprint density at radius 1 is 0.912 bits per heavy atom. The molecule has 0 spiro atoms. The average molecular weight is 594 g/mol. The fraction of sp³-hybridized carbons (Fsp3) is 0.176. The maximum atomic E-state index is 12.9. The summed E-state index contributed by atoms with van der Waals surface area (Å²) in [5.41, 5.74) is -0.0646. The second kappa shape index (κ2) is 10.6. The normalized spacial score (nSPS) is 16.7. The molecule has 0 saturated heterocycles. The molecule has 0 N–H and O–H groups in total. The summed E-state index contributed by atoms with van der Waals surface area (Å²) in [6.45, 7) is 2.91. The zero-order valence-electron chi connectivity index (χ0n) is 17.2. The van der Waals surface area contributed by atoms with Gasteiger partial charge in [-0.3, -0.25) is 4.79 Å². The number of azo groups is 1. The van der Waals surface area contributed by atoms with E-state index in [0.717, 1.165) is 29.3 Å². The van der Waals surface area contributed by atoms with Crippen LogP contribution in [0, 0.1) is 6.92 Å². The number of anilines is 1. The Balaban J connectivity index is 0.00000408. The second-order valence-electron chi connectivity index (χ2n) is 6.72. The smallest absolute Gasteiger partial charge is 0.744 e. The van der Waals surface area contributed by atoms with Gasteiger partial charge in [0.2, 0.25) is 0 Å². The maximum Gasteiger partial charge on any atom is 2.00 e. The number of benzene rings is 2. The van der Waals surface area contributed by atoms with Gasteiger partial charge in [0, 0.05) is 5.02 Å². The predicted molar refractivity (Wildman–Crippen MR) is 123 cm³/mol. The van der Waals surface area contributed by atoms with E-state index in [4.69, 9.17) is 34.8 Å². The van der Waals surface area contributed by atoms with Crippen LogP contribution in [0.5, 0.6) is 0 Å². The first kappa shape index (κ1) is 29.4. The Kier molecular flexibility index (Phi) is 9.18. The van der Waals surface area contributed by atoms with Gasteiger partial charge in [0.1, 0.15) is 25.9 Å². The number of carbonyl (C=O) groups excluding carboxylic acids is 1. The van der Waals surface area contributed by atoms with E-state index < -0.39 is 47.0 Å². The van der Waals surface area contributed by atoms with Crippen LogP contribution in [0.4, 0.5) is 11.4 Å². The fourth-order valence-electron chi connectivity index (χ4n) is 2.78. The number of amides is 1. The van der Waals surface area contributed by atoms with Crippen LogP contribution in [0.1, 0.15) is 12.5 Å². The van der Waals surface area contributed by atoms with Gasteiger partial charge < -0.3 is 9.11 Å². The molecule has 1 atom stereocenters. The van der Waals surface area contributed by atoms with Gasteiger partial charge in [-0.1, -0.05) is 34.8 Å². The van der Waals surface area contributed by atoms with Crippen LogP contribution in [0.25, 0.3) is 0 Å². The third-order valence-corrected chi connectivity index (χ3v) is 7.26. The number of hydrogen-bond donors (Lipinski definition) is 0. The molecule has 0 radical (unpaired) electrons. The van der Waals surface area contributed by atoms with Crippen molar-refractivity contribution in [2.24, 2.45) is 15.3 Å². The second-order valence-corrected chi connectivity index (χ2v) is 10.6. The van der Waals surface area contributed by atoms with Gasteiger partial charge in [-0.05, 0) is 43.7 Å². The van der Waals surface area contributed by atoms with Crippen LogP contribution < -0.4 is 5.01 Å². The van der Waals surface area contributed by atoms with Gasteiger partial charge in [-0.2, -0.15) is 20.3 Å². The Bertz CT molecular complexity index is 1460. The van der Waals surface area contributed by atoms with E-state index in [9.17, 15) is 30.7 Å². The molecular formula is C17H11CaCl3N4O7S2. The van der Waals surface area contributed by atoms with Crippen molar-refractivity contribution in [3.63, 3.8) is 0 Å². The molecule has 2 aromatic rings. The number of rotatable bonds is 5.